The quantitative estimate of drug-likeness (QED) is 0.741. The Bertz CT molecular complexity index is 828. The second-order valence-corrected chi connectivity index (χ2v) is 5.89. The van der Waals surface area contributed by atoms with Crippen LogP contribution in [-0.4, -0.2) is 16.0 Å². The molecule has 0 radical (unpaired) electrons. The highest BCUT2D eigenvalue weighted by Gasteiger charge is 2.12. The molecule has 6 heteroatoms. The van der Waals surface area contributed by atoms with E-state index >= 15 is 0 Å². The molecule has 0 atom stereocenters. The third-order valence-electron chi connectivity index (χ3n) is 3.37. The van der Waals surface area contributed by atoms with Gasteiger partial charge in [-0.2, -0.15) is 0 Å². The van der Waals surface area contributed by atoms with Crippen LogP contribution in [0.1, 0.15) is 22.8 Å². The van der Waals surface area contributed by atoms with E-state index in [1.54, 1.807) is 18.3 Å². The Morgan fingerprint density at radius 2 is 2.00 bits per heavy atom. The number of anilines is 1. The highest BCUT2D eigenvalue weighted by molar-refractivity contribution is 9.10. The molecule has 1 aromatic carbocycles. The summed E-state index contributed by atoms with van der Waals surface area (Å²) in [7, 11) is 0. The summed E-state index contributed by atoms with van der Waals surface area (Å²) in [5.41, 5.74) is 3.31. The van der Waals surface area contributed by atoms with Crippen molar-refractivity contribution in [3.8, 4) is 11.3 Å². The van der Waals surface area contributed by atoms with Crippen LogP contribution >= 0.6 is 15.9 Å². The van der Waals surface area contributed by atoms with Gasteiger partial charge in [0.15, 0.2) is 0 Å². The highest BCUT2D eigenvalue weighted by atomic mass is 79.9. The zero-order valence-corrected chi connectivity index (χ0v) is 14.0. The third-order valence-corrected chi connectivity index (χ3v) is 3.81. The summed E-state index contributed by atoms with van der Waals surface area (Å²) in [5.74, 6) is -0.00706. The molecular formula is C17H14BrN3O2. The second kappa shape index (κ2) is 6.75. The van der Waals surface area contributed by atoms with Gasteiger partial charge in [-0.05, 0) is 34.0 Å². The molecule has 2 aromatic heterocycles. The highest BCUT2D eigenvalue weighted by Crippen LogP contribution is 2.22. The Labute approximate surface area is 141 Å². The van der Waals surface area contributed by atoms with E-state index in [0.717, 1.165) is 16.5 Å². The van der Waals surface area contributed by atoms with E-state index in [9.17, 15) is 4.79 Å². The van der Waals surface area contributed by atoms with Crippen LogP contribution in [0.4, 0.5) is 5.88 Å². The van der Waals surface area contributed by atoms with E-state index in [0.29, 0.717) is 17.1 Å². The van der Waals surface area contributed by atoms with Gasteiger partial charge < -0.3 is 4.52 Å². The minimum atomic E-state index is -0.303. The maximum Gasteiger partial charge on any atom is 0.259 e. The number of benzene rings is 1. The number of pyridine rings is 1. The Hall–Kier alpha value is -2.47. The summed E-state index contributed by atoms with van der Waals surface area (Å²) >= 11 is 3.28. The first-order valence-corrected chi connectivity index (χ1v) is 7.93. The molecule has 0 aliphatic heterocycles. The molecule has 5 nitrogen and oxygen atoms in total. The summed E-state index contributed by atoms with van der Waals surface area (Å²) in [6.07, 6.45) is 4.09. The molecular weight excluding hydrogens is 358 g/mol. The average Bonchev–Trinajstić information content (AvgIpc) is 3.03. The number of amides is 1. The van der Waals surface area contributed by atoms with Crippen LogP contribution in [0.5, 0.6) is 0 Å². The summed E-state index contributed by atoms with van der Waals surface area (Å²) in [4.78, 5) is 16.1. The van der Waals surface area contributed by atoms with Gasteiger partial charge in [0.25, 0.3) is 5.91 Å². The van der Waals surface area contributed by atoms with Crippen molar-refractivity contribution in [3.05, 3.63) is 64.4 Å². The number of nitrogens with zero attached hydrogens (tertiary/aromatic N) is 2. The molecule has 0 saturated carbocycles. The normalized spacial score (nSPS) is 10.5. The number of aryl methyl sites for hydroxylation is 1. The van der Waals surface area contributed by atoms with Gasteiger partial charge >= 0.3 is 0 Å². The molecule has 23 heavy (non-hydrogen) atoms. The van der Waals surface area contributed by atoms with Crippen molar-refractivity contribution in [3.63, 3.8) is 0 Å². The molecule has 0 bridgehead atoms. The fraction of sp³-hybridized carbons (Fsp3) is 0.118. The smallest absolute Gasteiger partial charge is 0.259 e. The minimum Gasteiger partial charge on any atom is -0.338 e. The third kappa shape index (κ3) is 3.65. The first kappa shape index (κ1) is 15.4. The van der Waals surface area contributed by atoms with Crippen molar-refractivity contribution in [2.24, 2.45) is 0 Å². The van der Waals surface area contributed by atoms with Crippen LogP contribution in [0.15, 0.2) is 57.8 Å². The Morgan fingerprint density at radius 1 is 1.22 bits per heavy atom. The van der Waals surface area contributed by atoms with Gasteiger partial charge in [-0.3, -0.25) is 15.1 Å². The molecule has 0 spiro atoms. The number of nitrogens with one attached hydrogen (secondary N) is 1. The van der Waals surface area contributed by atoms with E-state index < -0.39 is 0 Å². The summed E-state index contributed by atoms with van der Waals surface area (Å²) in [6, 6.07) is 11.5. The summed E-state index contributed by atoms with van der Waals surface area (Å²) < 4.78 is 5.92. The number of aromatic nitrogens is 2. The van der Waals surface area contributed by atoms with E-state index in [-0.39, 0.29) is 5.91 Å². The first-order valence-electron chi connectivity index (χ1n) is 7.13. The largest absolute Gasteiger partial charge is 0.338 e. The molecule has 0 saturated heterocycles. The van der Waals surface area contributed by atoms with E-state index in [1.165, 1.54) is 11.8 Å². The number of carbonyl (C=O) groups is 1. The molecule has 1 N–H and O–H groups in total. The van der Waals surface area contributed by atoms with Crippen LogP contribution < -0.4 is 5.32 Å². The van der Waals surface area contributed by atoms with E-state index in [1.807, 2.05) is 12.1 Å². The number of hydrogen-bond donors (Lipinski definition) is 1. The lowest BCUT2D eigenvalue weighted by molar-refractivity contribution is 0.102. The van der Waals surface area contributed by atoms with E-state index in [2.05, 4.69) is 50.4 Å². The monoisotopic (exact) mass is 371 g/mol. The topological polar surface area (TPSA) is 68.0 Å². The van der Waals surface area contributed by atoms with Crippen LogP contribution in [0.25, 0.3) is 11.3 Å². The lowest BCUT2D eigenvalue weighted by Crippen LogP contribution is -2.11. The van der Waals surface area contributed by atoms with Gasteiger partial charge in [0, 0.05) is 28.5 Å². The minimum absolute atomic E-state index is 0.296. The summed E-state index contributed by atoms with van der Waals surface area (Å²) in [6.45, 7) is 2.11. The molecule has 0 aliphatic rings. The number of rotatable bonds is 4. The molecule has 0 unspecified atom stereocenters. The van der Waals surface area contributed by atoms with Crippen molar-refractivity contribution >= 4 is 27.7 Å². The molecule has 3 aromatic rings. The molecule has 0 aliphatic carbocycles. The second-order valence-electron chi connectivity index (χ2n) is 4.97. The number of hydrogen-bond acceptors (Lipinski definition) is 4. The lowest BCUT2D eigenvalue weighted by Gasteiger charge is -2.00. The Balaban J connectivity index is 1.75. The molecule has 0 fully saturated rings. The Kier molecular flexibility index (Phi) is 4.52. The van der Waals surface area contributed by atoms with Gasteiger partial charge in [-0.25, -0.2) is 0 Å². The molecule has 3 rings (SSSR count). The van der Waals surface area contributed by atoms with Gasteiger partial charge in [-0.1, -0.05) is 36.3 Å². The van der Waals surface area contributed by atoms with Crippen molar-refractivity contribution in [2.45, 2.75) is 13.3 Å². The Morgan fingerprint density at radius 3 is 2.70 bits per heavy atom. The zero-order valence-electron chi connectivity index (χ0n) is 12.4. The fourth-order valence-electron chi connectivity index (χ4n) is 2.10. The van der Waals surface area contributed by atoms with Crippen molar-refractivity contribution in [1.82, 2.24) is 10.1 Å². The number of halogens is 1. The standard InChI is InChI=1S/C17H14BrN3O2/c1-2-11-3-5-12(6-4-11)15-8-16(23-21-15)20-17(22)13-7-14(18)10-19-9-13/h3-10H,2H2,1H3,(H,20,22). The average molecular weight is 372 g/mol. The zero-order chi connectivity index (χ0) is 16.2. The van der Waals surface area contributed by atoms with Crippen LogP contribution in [0.3, 0.4) is 0 Å². The van der Waals surface area contributed by atoms with Crippen molar-refractivity contribution in [2.75, 3.05) is 5.32 Å². The van der Waals surface area contributed by atoms with Crippen LogP contribution in [0, 0.1) is 0 Å². The van der Waals surface area contributed by atoms with Gasteiger partial charge in [0.2, 0.25) is 5.88 Å². The van der Waals surface area contributed by atoms with E-state index in [4.69, 9.17) is 4.52 Å². The SMILES string of the molecule is CCc1ccc(-c2cc(NC(=O)c3cncc(Br)c3)on2)cc1. The predicted molar refractivity (Wildman–Crippen MR) is 91.2 cm³/mol. The molecule has 2 heterocycles. The van der Waals surface area contributed by atoms with Crippen LogP contribution in [0.2, 0.25) is 0 Å². The van der Waals surface area contributed by atoms with Gasteiger partial charge in [-0.15, -0.1) is 0 Å². The summed E-state index contributed by atoms with van der Waals surface area (Å²) in [5, 5.41) is 6.66. The van der Waals surface area contributed by atoms with Gasteiger partial charge in [0.1, 0.15) is 5.69 Å². The lowest BCUT2D eigenvalue weighted by atomic mass is 10.1. The molecule has 1 amide bonds. The van der Waals surface area contributed by atoms with Crippen molar-refractivity contribution in [1.29, 1.82) is 0 Å². The number of carbonyl (C=O) groups excluding carboxylic acids is 1. The fourth-order valence-corrected chi connectivity index (χ4v) is 2.47. The van der Waals surface area contributed by atoms with Gasteiger partial charge in [0.05, 0.1) is 5.56 Å². The maximum absolute atomic E-state index is 12.1. The van der Waals surface area contributed by atoms with Crippen molar-refractivity contribution < 1.29 is 9.32 Å². The first-order chi connectivity index (χ1) is 11.2. The van der Waals surface area contributed by atoms with Crippen LogP contribution in [-0.2, 0) is 6.42 Å². The molecule has 116 valence electrons. The maximum atomic E-state index is 12.1. The predicted octanol–water partition coefficient (Wildman–Crippen LogP) is 4.31.